The summed E-state index contributed by atoms with van der Waals surface area (Å²) in [6.45, 7) is 0. The highest BCUT2D eigenvalue weighted by atomic mass is 127. The summed E-state index contributed by atoms with van der Waals surface area (Å²) in [7, 11) is 1.52. The van der Waals surface area contributed by atoms with E-state index in [9.17, 15) is 4.79 Å². The van der Waals surface area contributed by atoms with Gasteiger partial charge >= 0.3 is 0 Å². The highest BCUT2D eigenvalue weighted by Gasteiger charge is 2.13. The van der Waals surface area contributed by atoms with Gasteiger partial charge < -0.3 is 15.8 Å². The fraction of sp³-hybridized carbons (Fsp3) is 0.0714. The van der Waals surface area contributed by atoms with Gasteiger partial charge in [0.25, 0.3) is 5.91 Å². The Kier molecular flexibility index (Phi) is 4.26. The number of hydrogen-bond donors (Lipinski definition) is 2. The zero-order valence-corrected chi connectivity index (χ0v) is 12.5. The van der Waals surface area contributed by atoms with E-state index in [1.165, 1.54) is 7.11 Å². The normalized spacial score (nSPS) is 10.0. The molecule has 2 rings (SSSR count). The molecule has 0 bridgehead atoms. The molecule has 0 fully saturated rings. The van der Waals surface area contributed by atoms with Gasteiger partial charge in [0.1, 0.15) is 5.75 Å². The van der Waals surface area contributed by atoms with Crippen molar-refractivity contribution in [3.63, 3.8) is 0 Å². The van der Waals surface area contributed by atoms with Crippen LogP contribution in [0.15, 0.2) is 42.5 Å². The Morgan fingerprint density at radius 2 is 2.00 bits per heavy atom. The fourth-order valence-electron chi connectivity index (χ4n) is 1.68. The van der Waals surface area contributed by atoms with Gasteiger partial charge in [0.05, 0.1) is 18.4 Å². The Labute approximate surface area is 125 Å². The molecular weight excluding hydrogens is 355 g/mol. The molecule has 2 aromatic rings. The predicted octanol–water partition coefficient (Wildman–Crippen LogP) is 3.13. The number of amides is 1. The number of carbonyl (C=O) groups excluding carboxylic acids is 1. The minimum Gasteiger partial charge on any atom is -0.495 e. The Morgan fingerprint density at radius 1 is 1.26 bits per heavy atom. The fourth-order valence-corrected chi connectivity index (χ4v) is 2.23. The molecule has 0 saturated carbocycles. The van der Waals surface area contributed by atoms with E-state index >= 15 is 0 Å². The molecule has 0 aliphatic carbocycles. The Bertz CT molecular complexity index is 614. The first-order valence-corrected chi connectivity index (χ1v) is 6.69. The van der Waals surface area contributed by atoms with Gasteiger partial charge in [-0.05, 0) is 52.9 Å². The number of carbonyl (C=O) groups is 1. The first-order chi connectivity index (χ1) is 9.11. The summed E-state index contributed by atoms with van der Waals surface area (Å²) in [6.07, 6.45) is 0. The van der Waals surface area contributed by atoms with Crippen LogP contribution in [0.4, 0.5) is 11.4 Å². The van der Waals surface area contributed by atoms with Crippen LogP contribution in [-0.2, 0) is 0 Å². The number of ether oxygens (including phenoxy) is 1. The summed E-state index contributed by atoms with van der Waals surface area (Å²) in [5.41, 5.74) is 7.37. The van der Waals surface area contributed by atoms with E-state index in [-0.39, 0.29) is 5.91 Å². The second kappa shape index (κ2) is 5.92. The molecule has 5 heteroatoms. The third-order valence-corrected chi connectivity index (χ3v) is 3.28. The van der Waals surface area contributed by atoms with Crippen molar-refractivity contribution in [2.24, 2.45) is 0 Å². The van der Waals surface area contributed by atoms with Crippen LogP contribution in [0, 0.1) is 3.57 Å². The van der Waals surface area contributed by atoms with Gasteiger partial charge in [-0.25, -0.2) is 0 Å². The largest absolute Gasteiger partial charge is 0.495 e. The van der Waals surface area contributed by atoms with Crippen molar-refractivity contribution < 1.29 is 9.53 Å². The van der Waals surface area contributed by atoms with Crippen molar-refractivity contribution in [3.05, 3.63) is 51.6 Å². The van der Waals surface area contributed by atoms with Crippen molar-refractivity contribution >= 4 is 39.9 Å². The maximum Gasteiger partial charge on any atom is 0.257 e. The molecule has 3 N–H and O–H groups in total. The van der Waals surface area contributed by atoms with Crippen molar-refractivity contribution in [2.45, 2.75) is 0 Å². The molecule has 0 unspecified atom stereocenters. The average molecular weight is 368 g/mol. The lowest BCUT2D eigenvalue weighted by Gasteiger charge is -2.10. The summed E-state index contributed by atoms with van der Waals surface area (Å²) in [4.78, 5) is 12.2. The summed E-state index contributed by atoms with van der Waals surface area (Å²) in [5, 5.41) is 2.81. The Morgan fingerprint density at radius 3 is 2.68 bits per heavy atom. The molecule has 4 nitrogen and oxygen atoms in total. The number of nitrogens with one attached hydrogen (secondary N) is 1. The first-order valence-electron chi connectivity index (χ1n) is 5.61. The number of methoxy groups -OCH3 is 1. The second-order valence-corrected chi connectivity index (χ2v) is 5.13. The summed E-state index contributed by atoms with van der Waals surface area (Å²) < 4.78 is 6.15. The summed E-state index contributed by atoms with van der Waals surface area (Å²) >= 11 is 2.19. The third-order valence-electron chi connectivity index (χ3n) is 2.61. The lowest BCUT2D eigenvalue weighted by Crippen LogP contribution is -2.14. The molecule has 0 aliphatic heterocycles. The van der Waals surface area contributed by atoms with E-state index < -0.39 is 0 Å². The quantitative estimate of drug-likeness (QED) is 0.646. The lowest BCUT2D eigenvalue weighted by molar-refractivity contribution is 0.102. The van der Waals surface area contributed by atoms with Crippen LogP contribution in [0.3, 0.4) is 0 Å². The van der Waals surface area contributed by atoms with Gasteiger partial charge in [0.15, 0.2) is 0 Å². The third kappa shape index (κ3) is 3.17. The number of para-hydroxylation sites is 1. The Balaban J connectivity index is 2.25. The number of nitrogens with two attached hydrogens (primary N) is 1. The van der Waals surface area contributed by atoms with Crippen LogP contribution in [0.25, 0.3) is 0 Å². The highest BCUT2D eigenvalue weighted by molar-refractivity contribution is 14.1. The molecule has 0 radical (unpaired) electrons. The smallest absolute Gasteiger partial charge is 0.257 e. The molecule has 0 spiro atoms. The van der Waals surface area contributed by atoms with Crippen LogP contribution in [-0.4, -0.2) is 13.0 Å². The first kappa shape index (κ1) is 13.7. The Hall–Kier alpha value is -1.76. The van der Waals surface area contributed by atoms with E-state index in [1.54, 1.807) is 18.2 Å². The van der Waals surface area contributed by atoms with Gasteiger partial charge in [-0.15, -0.1) is 0 Å². The maximum absolute atomic E-state index is 12.2. The summed E-state index contributed by atoms with van der Waals surface area (Å²) in [5.74, 6) is 0.244. The number of benzene rings is 2. The number of halogens is 1. The van der Waals surface area contributed by atoms with E-state index in [0.29, 0.717) is 17.0 Å². The molecule has 0 aliphatic rings. The number of rotatable bonds is 3. The number of hydrogen-bond acceptors (Lipinski definition) is 3. The standard InChI is InChI=1S/C14H13IN2O2/c1-19-12-7-3-6-11(13(12)16)14(18)17-10-5-2-4-9(15)8-10/h2-8H,16H2,1H3,(H,17,18). The molecule has 0 saturated heterocycles. The highest BCUT2D eigenvalue weighted by Crippen LogP contribution is 2.25. The summed E-state index contributed by atoms with van der Waals surface area (Å²) in [6, 6.07) is 12.7. The van der Waals surface area contributed by atoms with Crippen LogP contribution in [0.1, 0.15) is 10.4 Å². The monoisotopic (exact) mass is 368 g/mol. The van der Waals surface area contributed by atoms with Crippen LogP contribution < -0.4 is 15.8 Å². The molecule has 0 atom stereocenters. The molecule has 19 heavy (non-hydrogen) atoms. The van der Waals surface area contributed by atoms with E-state index in [2.05, 4.69) is 27.9 Å². The van der Waals surface area contributed by atoms with E-state index in [4.69, 9.17) is 10.5 Å². The van der Waals surface area contributed by atoms with Crippen LogP contribution in [0.2, 0.25) is 0 Å². The molecule has 0 aromatic heterocycles. The van der Waals surface area contributed by atoms with Crippen molar-refractivity contribution in [3.8, 4) is 5.75 Å². The lowest BCUT2D eigenvalue weighted by atomic mass is 10.1. The van der Waals surface area contributed by atoms with Crippen molar-refractivity contribution in [1.82, 2.24) is 0 Å². The van der Waals surface area contributed by atoms with E-state index in [0.717, 1.165) is 9.26 Å². The minimum absolute atomic E-state index is 0.251. The van der Waals surface area contributed by atoms with Gasteiger partial charge in [-0.3, -0.25) is 4.79 Å². The molecule has 98 valence electrons. The zero-order valence-electron chi connectivity index (χ0n) is 10.3. The average Bonchev–Trinajstić information content (AvgIpc) is 2.39. The van der Waals surface area contributed by atoms with Gasteiger partial charge in [-0.1, -0.05) is 12.1 Å². The minimum atomic E-state index is -0.251. The molecule has 2 aromatic carbocycles. The van der Waals surface area contributed by atoms with E-state index in [1.807, 2.05) is 24.3 Å². The second-order valence-electron chi connectivity index (χ2n) is 3.89. The maximum atomic E-state index is 12.2. The molecular formula is C14H13IN2O2. The van der Waals surface area contributed by atoms with Crippen molar-refractivity contribution in [1.29, 1.82) is 0 Å². The predicted molar refractivity (Wildman–Crippen MR) is 84.5 cm³/mol. The van der Waals surface area contributed by atoms with Gasteiger partial charge in [0.2, 0.25) is 0 Å². The number of nitrogen functional groups attached to an aromatic ring is 1. The van der Waals surface area contributed by atoms with Gasteiger partial charge in [-0.2, -0.15) is 0 Å². The topological polar surface area (TPSA) is 64.3 Å². The molecule has 1 amide bonds. The molecule has 0 heterocycles. The van der Waals surface area contributed by atoms with Gasteiger partial charge in [0, 0.05) is 9.26 Å². The number of anilines is 2. The van der Waals surface area contributed by atoms with Crippen molar-refractivity contribution in [2.75, 3.05) is 18.2 Å². The SMILES string of the molecule is COc1cccc(C(=O)Nc2cccc(I)c2)c1N. The van der Waals surface area contributed by atoms with Crippen LogP contribution in [0.5, 0.6) is 5.75 Å². The zero-order chi connectivity index (χ0) is 13.8. The van der Waals surface area contributed by atoms with Crippen LogP contribution >= 0.6 is 22.6 Å².